The van der Waals surface area contributed by atoms with Crippen molar-refractivity contribution in [2.45, 2.75) is 12.4 Å². The number of hydrogen-bond acceptors (Lipinski definition) is 4. The first-order chi connectivity index (χ1) is 8.17. The van der Waals surface area contributed by atoms with Gasteiger partial charge < -0.3 is 9.72 Å². The number of H-pyrrole nitrogens is 2. The molecule has 2 aromatic rings. The Labute approximate surface area is 100 Å². The van der Waals surface area contributed by atoms with E-state index in [0.29, 0.717) is 24.6 Å². The zero-order valence-corrected chi connectivity index (χ0v) is 9.87. The number of rotatable bonds is 4. The summed E-state index contributed by atoms with van der Waals surface area (Å²) in [6, 6.07) is 0. The van der Waals surface area contributed by atoms with Gasteiger partial charge >= 0.3 is 5.69 Å². The van der Waals surface area contributed by atoms with Gasteiger partial charge in [-0.1, -0.05) is 0 Å². The standard InChI is InChI=1S/C9H11ClN4O3/c1-17-3-2-14-7-6(8(15)13-9(14)16)11-5(4-10)12-7/h2-4H2,1H3,(H,11,12)(H,13,15,16). The first kappa shape index (κ1) is 11.9. The molecule has 8 heteroatoms. The molecule has 2 aromatic heterocycles. The maximum atomic E-state index is 11.6. The van der Waals surface area contributed by atoms with Crippen LogP contribution < -0.4 is 11.2 Å². The van der Waals surface area contributed by atoms with E-state index in [-0.39, 0.29) is 11.4 Å². The molecule has 0 saturated carbocycles. The molecular formula is C9H11ClN4O3. The van der Waals surface area contributed by atoms with Crippen LogP contribution in [0.3, 0.4) is 0 Å². The molecule has 0 radical (unpaired) electrons. The number of ether oxygens (including phenoxy) is 1. The third-order valence-corrected chi connectivity index (χ3v) is 2.58. The molecule has 0 unspecified atom stereocenters. The summed E-state index contributed by atoms with van der Waals surface area (Å²) >= 11 is 5.63. The highest BCUT2D eigenvalue weighted by molar-refractivity contribution is 6.16. The summed E-state index contributed by atoms with van der Waals surface area (Å²) in [7, 11) is 1.53. The van der Waals surface area contributed by atoms with E-state index in [1.165, 1.54) is 11.7 Å². The van der Waals surface area contributed by atoms with Crippen LogP contribution in [0.25, 0.3) is 11.2 Å². The van der Waals surface area contributed by atoms with Crippen LogP contribution in [-0.4, -0.2) is 33.2 Å². The lowest BCUT2D eigenvalue weighted by atomic mass is 10.5. The lowest BCUT2D eigenvalue weighted by Gasteiger charge is -2.04. The van der Waals surface area contributed by atoms with Crippen LogP contribution in [0.4, 0.5) is 0 Å². The molecule has 2 N–H and O–H groups in total. The summed E-state index contributed by atoms with van der Waals surface area (Å²) in [5, 5.41) is 0. The molecule has 2 rings (SSSR count). The molecule has 2 heterocycles. The Morgan fingerprint density at radius 3 is 2.82 bits per heavy atom. The number of halogens is 1. The van der Waals surface area contributed by atoms with E-state index < -0.39 is 11.2 Å². The monoisotopic (exact) mass is 258 g/mol. The van der Waals surface area contributed by atoms with Crippen molar-refractivity contribution in [1.29, 1.82) is 0 Å². The van der Waals surface area contributed by atoms with Crippen molar-refractivity contribution in [2.24, 2.45) is 0 Å². The van der Waals surface area contributed by atoms with Gasteiger partial charge in [0.15, 0.2) is 5.65 Å². The van der Waals surface area contributed by atoms with E-state index >= 15 is 0 Å². The second kappa shape index (κ2) is 4.72. The van der Waals surface area contributed by atoms with E-state index in [1.807, 2.05) is 0 Å². The zero-order chi connectivity index (χ0) is 12.4. The topological polar surface area (TPSA) is 92.8 Å². The fourth-order valence-corrected chi connectivity index (χ4v) is 1.67. The lowest BCUT2D eigenvalue weighted by Crippen LogP contribution is -2.31. The van der Waals surface area contributed by atoms with E-state index in [0.717, 1.165) is 0 Å². The van der Waals surface area contributed by atoms with Crippen LogP contribution >= 0.6 is 11.6 Å². The van der Waals surface area contributed by atoms with Gasteiger partial charge in [0.2, 0.25) is 0 Å². The quantitative estimate of drug-likeness (QED) is 0.743. The van der Waals surface area contributed by atoms with Crippen molar-refractivity contribution in [3.8, 4) is 0 Å². The van der Waals surface area contributed by atoms with Crippen molar-refractivity contribution < 1.29 is 4.74 Å². The fraction of sp³-hybridized carbons (Fsp3) is 0.444. The molecule has 0 atom stereocenters. The molecule has 0 aromatic carbocycles. The molecule has 0 fully saturated rings. The smallest absolute Gasteiger partial charge is 0.330 e. The van der Waals surface area contributed by atoms with Gasteiger partial charge in [-0.05, 0) is 0 Å². The Morgan fingerprint density at radius 1 is 1.41 bits per heavy atom. The Hall–Kier alpha value is -1.60. The Kier molecular flexibility index (Phi) is 3.30. The molecule has 0 amide bonds. The van der Waals surface area contributed by atoms with Crippen LogP contribution in [0.5, 0.6) is 0 Å². The largest absolute Gasteiger partial charge is 0.383 e. The van der Waals surface area contributed by atoms with Gasteiger partial charge in [-0.25, -0.2) is 9.78 Å². The van der Waals surface area contributed by atoms with Crippen molar-refractivity contribution >= 4 is 22.8 Å². The van der Waals surface area contributed by atoms with Gasteiger partial charge in [0.05, 0.1) is 19.0 Å². The molecule has 0 aliphatic rings. The number of methoxy groups -OCH3 is 1. The van der Waals surface area contributed by atoms with Crippen molar-refractivity contribution in [1.82, 2.24) is 19.5 Å². The highest BCUT2D eigenvalue weighted by Gasteiger charge is 2.12. The number of hydrogen-bond donors (Lipinski definition) is 2. The summed E-state index contributed by atoms with van der Waals surface area (Å²) in [6.45, 7) is 0.666. The molecule has 17 heavy (non-hydrogen) atoms. The van der Waals surface area contributed by atoms with Gasteiger partial charge in [0.25, 0.3) is 5.56 Å². The summed E-state index contributed by atoms with van der Waals surface area (Å²) < 4.78 is 6.24. The van der Waals surface area contributed by atoms with Crippen molar-refractivity contribution in [3.63, 3.8) is 0 Å². The SMILES string of the molecule is COCCn1c(=O)[nH]c(=O)c2[nH]c(CCl)nc21. The first-order valence-electron chi connectivity index (χ1n) is 4.94. The predicted octanol–water partition coefficient (Wildman–Crippen LogP) is -0.202. The average Bonchev–Trinajstić information content (AvgIpc) is 2.73. The van der Waals surface area contributed by atoms with E-state index in [9.17, 15) is 9.59 Å². The third-order valence-electron chi connectivity index (χ3n) is 2.33. The van der Waals surface area contributed by atoms with Gasteiger partial charge in [-0.2, -0.15) is 0 Å². The van der Waals surface area contributed by atoms with Gasteiger partial charge in [0.1, 0.15) is 11.3 Å². The van der Waals surface area contributed by atoms with Gasteiger partial charge in [-0.3, -0.25) is 14.3 Å². The van der Waals surface area contributed by atoms with E-state index in [4.69, 9.17) is 16.3 Å². The molecule has 7 nitrogen and oxygen atoms in total. The second-order valence-electron chi connectivity index (χ2n) is 3.42. The number of nitrogens with one attached hydrogen (secondary N) is 2. The number of nitrogens with zero attached hydrogens (tertiary/aromatic N) is 2. The highest BCUT2D eigenvalue weighted by Crippen LogP contribution is 2.06. The highest BCUT2D eigenvalue weighted by atomic mass is 35.5. The number of alkyl halides is 1. The van der Waals surface area contributed by atoms with Crippen LogP contribution in [0.15, 0.2) is 9.59 Å². The summed E-state index contributed by atoms with van der Waals surface area (Å²) in [5.74, 6) is 0.594. The normalized spacial score (nSPS) is 11.2. The number of aromatic nitrogens is 4. The summed E-state index contributed by atoms with van der Waals surface area (Å²) in [6.07, 6.45) is 0. The van der Waals surface area contributed by atoms with Crippen LogP contribution in [-0.2, 0) is 17.2 Å². The van der Waals surface area contributed by atoms with Crippen molar-refractivity contribution in [3.05, 3.63) is 26.7 Å². The maximum absolute atomic E-state index is 11.6. The predicted molar refractivity (Wildman–Crippen MR) is 62.4 cm³/mol. The van der Waals surface area contributed by atoms with Crippen LogP contribution in [0.1, 0.15) is 5.82 Å². The zero-order valence-electron chi connectivity index (χ0n) is 9.12. The van der Waals surface area contributed by atoms with E-state index in [1.54, 1.807) is 0 Å². The second-order valence-corrected chi connectivity index (χ2v) is 3.69. The van der Waals surface area contributed by atoms with Crippen LogP contribution in [0.2, 0.25) is 0 Å². The minimum atomic E-state index is -0.507. The lowest BCUT2D eigenvalue weighted by molar-refractivity contribution is 0.187. The molecule has 0 spiro atoms. The third kappa shape index (κ3) is 2.11. The molecule has 92 valence electrons. The Morgan fingerprint density at radius 2 is 2.18 bits per heavy atom. The number of aromatic amines is 2. The number of fused-ring (bicyclic) bond motifs is 1. The average molecular weight is 259 g/mol. The van der Waals surface area contributed by atoms with E-state index in [2.05, 4.69) is 15.0 Å². The maximum Gasteiger partial charge on any atom is 0.330 e. The Bertz CT molecular complexity index is 642. The van der Waals surface area contributed by atoms with Gasteiger partial charge in [-0.15, -0.1) is 11.6 Å². The van der Waals surface area contributed by atoms with Crippen molar-refractivity contribution in [2.75, 3.05) is 13.7 Å². The van der Waals surface area contributed by atoms with Gasteiger partial charge in [0, 0.05) is 7.11 Å². The fourth-order valence-electron chi connectivity index (χ4n) is 1.54. The minimum absolute atomic E-state index is 0.145. The minimum Gasteiger partial charge on any atom is -0.383 e. The molecule has 0 aliphatic carbocycles. The molecule has 0 saturated heterocycles. The number of imidazole rings is 1. The molecular weight excluding hydrogens is 248 g/mol. The summed E-state index contributed by atoms with van der Waals surface area (Å²) in [5.41, 5.74) is -0.461. The molecule has 0 bridgehead atoms. The Balaban J connectivity index is 2.68. The first-order valence-corrected chi connectivity index (χ1v) is 5.47. The summed E-state index contributed by atoms with van der Waals surface area (Å²) in [4.78, 5) is 32.2. The molecule has 0 aliphatic heterocycles. The van der Waals surface area contributed by atoms with Crippen LogP contribution in [0, 0.1) is 0 Å².